The lowest BCUT2D eigenvalue weighted by Gasteiger charge is -2.10. The molecule has 1 atom stereocenters. The lowest BCUT2D eigenvalue weighted by molar-refractivity contribution is -0.142. The van der Waals surface area contributed by atoms with Crippen molar-refractivity contribution in [1.82, 2.24) is 19.5 Å². The Morgan fingerprint density at radius 2 is 2.28 bits per heavy atom. The minimum Gasteiger partial charge on any atom is -0.474 e. The predicted molar refractivity (Wildman–Crippen MR) is 61.8 cm³/mol. The molecule has 96 valence electrons. The topological polar surface area (TPSA) is 105 Å². The summed E-state index contributed by atoms with van der Waals surface area (Å²) in [5.41, 5.74) is 6.73. The van der Waals surface area contributed by atoms with Gasteiger partial charge < -0.3 is 19.8 Å². The van der Waals surface area contributed by atoms with Crippen LogP contribution in [0.3, 0.4) is 0 Å². The van der Waals surface area contributed by atoms with Gasteiger partial charge in [0.2, 0.25) is 5.88 Å². The molecular weight excluding hydrogens is 238 g/mol. The van der Waals surface area contributed by atoms with E-state index in [0.717, 1.165) is 0 Å². The quantitative estimate of drug-likeness (QED) is 0.712. The van der Waals surface area contributed by atoms with Crippen LogP contribution in [0, 0.1) is 0 Å². The summed E-state index contributed by atoms with van der Waals surface area (Å²) >= 11 is 0. The zero-order valence-corrected chi connectivity index (χ0v) is 10.0. The van der Waals surface area contributed by atoms with Crippen LogP contribution in [0.5, 0.6) is 5.88 Å². The highest BCUT2D eigenvalue weighted by Crippen LogP contribution is 2.18. The lowest BCUT2D eigenvalue weighted by Crippen LogP contribution is -2.37. The second kappa shape index (κ2) is 4.96. The van der Waals surface area contributed by atoms with Crippen molar-refractivity contribution in [3.63, 3.8) is 0 Å². The Hall–Kier alpha value is -2.22. The summed E-state index contributed by atoms with van der Waals surface area (Å²) in [5, 5.41) is 0. The molecule has 0 fully saturated rings. The number of imidazole rings is 1. The van der Waals surface area contributed by atoms with Gasteiger partial charge in [0, 0.05) is 7.05 Å². The first-order chi connectivity index (χ1) is 8.63. The van der Waals surface area contributed by atoms with E-state index in [1.807, 2.05) is 7.05 Å². The molecule has 8 nitrogen and oxygen atoms in total. The van der Waals surface area contributed by atoms with Gasteiger partial charge in [0.25, 0.3) is 0 Å². The summed E-state index contributed by atoms with van der Waals surface area (Å²) in [5.74, 6) is -0.249. The van der Waals surface area contributed by atoms with Crippen molar-refractivity contribution in [2.24, 2.45) is 12.8 Å². The molecule has 0 saturated heterocycles. The molecule has 1 unspecified atom stereocenters. The maximum absolute atomic E-state index is 11.1. The zero-order valence-electron chi connectivity index (χ0n) is 10.0. The molecule has 0 spiro atoms. The number of nitrogens with zero attached hydrogens (tertiary/aromatic N) is 4. The first kappa shape index (κ1) is 12.2. The summed E-state index contributed by atoms with van der Waals surface area (Å²) in [7, 11) is 3.08. The number of aryl methyl sites for hydroxylation is 1. The van der Waals surface area contributed by atoms with E-state index in [0.29, 0.717) is 17.0 Å². The fraction of sp³-hybridized carbons (Fsp3) is 0.400. The number of methoxy groups -OCH3 is 1. The third kappa shape index (κ3) is 2.23. The van der Waals surface area contributed by atoms with Crippen molar-refractivity contribution < 1.29 is 14.3 Å². The maximum Gasteiger partial charge on any atom is 0.326 e. The summed E-state index contributed by atoms with van der Waals surface area (Å²) in [4.78, 5) is 23.3. The molecule has 2 N–H and O–H groups in total. The molecule has 0 radical (unpaired) electrons. The molecule has 0 aliphatic rings. The number of fused-ring (bicyclic) bond motifs is 1. The van der Waals surface area contributed by atoms with Gasteiger partial charge in [-0.25, -0.2) is 9.97 Å². The second-order valence-corrected chi connectivity index (χ2v) is 3.65. The van der Waals surface area contributed by atoms with Crippen molar-refractivity contribution in [3.8, 4) is 5.88 Å². The third-order valence-electron chi connectivity index (χ3n) is 2.37. The van der Waals surface area contributed by atoms with E-state index in [4.69, 9.17) is 10.5 Å². The van der Waals surface area contributed by atoms with Crippen LogP contribution in [0.1, 0.15) is 0 Å². The highest BCUT2D eigenvalue weighted by atomic mass is 16.5. The molecule has 0 aromatic carbocycles. The Kier molecular flexibility index (Phi) is 3.38. The van der Waals surface area contributed by atoms with Gasteiger partial charge in [-0.1, -0.05) is 0 Å². The van der Waals surface area contributed by atoms with Crippen molar-refractivity contribution in [3.05, 3.63) is 12.7 Å². The number of carbonyl (C=O) groups excluding carboxylic acids is 1. The number of esters is 1. The Bertz CT molecular complexity index is 568. The molecule has 0 amide bonds. The molecular formula is C10H13N5O3. The number of hydrogen-bond donors (Lipinski definition) is 1. The Balaban J connectivity index is 2.15. The van der Waals surface area contributed by atoms with Gasteiger partial charge in [0.05, 0.1) is 13.4 Å². The van der Waals surface area contributed by atoms with Gasteiger partial charge in [0.1, 0.15) is 19.0 Å². The van der Waals surface area contributed by atoms with Crippen LogP contribution < -0.4 is 10.5 Å². The average Bonchev–Trinajstić information content (AvgIpc) is 2.77. The van der Waals surface area contributed by atoms with Crippen molar-refractivity contribution >= 4 is 17.1 Å². The zero-order chi connectivity index (χ0) is 13.1. The van der Waals surface area contributed by atoms with E-state index in [-0.39, 0.29) is 6.61 Å². The molecule has 0 bridgehead atoms. The predicted octanol–water partition coefficient (Wildman–Crippen LogP) is -0.758. The smallest absolute Gasteiger partial charge is 0.326 e. The number of carbonyl (C=O) groups is 1. The summed E-state index contributed by atoms with van der Waals surface area (Å²) < 4.78 is 11.6. The average molecular weight is 251 g/mol. The number of nitrogens with two attached hydrogens (primary N) is 1. The van der Waals surface area contributed by atoms with Gasteiger partial charge in [-0.05, 0) is 0 Å². The number of aromatic nitrogens is 4. The lowest BCUT2D eigenvalue weighted by atomic mass is 10.3. The fourth-order valence-corrected chi connectivity index (χ4v) is 1.42. The standard InChI is InChI=1S/C10H13N5O3/c1-15-5-14-7-8(15)12-4-13-9(7)18-3-6(11)10(16)17-2/h4-6H,3,11H2,1-2H3. The number of rotatable bonds is 4. The highest BCUT2D eigenvalue weighted by molar-refractivity contribution is 5.77. The van der Waals surface area contributed by atoms with E-state index in [2.05, 4.69) is 19.7 Å². The Morgan fingerprint density at radius 1 is 1.50 bits per heavy atom. The SMILES string of the molecule is COC(=O)C(N)COc1ncnc2c1ncn2C. The highest BCUT2D eigenvalue weighted by Gasteiger charge is 2.16. The molecule has 2 rings (SSSR count). The molecule has 0 saturated carbocycles. The molecule has 2 aromatic rings. The summed E-state index contributed by atoms with van der Waals surface area (Å²) in [6.07, 6.45) is 2.97. The van der Waals surface area contributed by atoms with E-state index >= 15 is 0 Å². The fourth-order valence-electron chi connectivity index (χ4n) is 1.42. The Labute approximate surface area is 103 Å². The minimum absolute atomic E-state index is 0.0324. The third-order valence-corrected chi connectivity index (χ3v) is 2.37. The van der Waals surface area contributed by atoms with E-state index in [1.54, 1.807) is 10.9 Å². The minimum atomic E-state index is -0.858. The van der Waals surface area contributed by atoms with Crippen molar-refractivity contribution in [2.45, 2.75) is 6.04 Å². The first-order valence-electron chi connectivity index (χ1n) is 5.21. The Morgan fingerprint density at radius 3 is 3.00 bits per heavy atom. The van der Waals surface area contributed by atoms with Crippen LogP contribution >= 0.6 is 0 Å². The van der Waals surface area contributed by atoms with Crippen LogP contribution in [-0.2, 0) is 16.6 Å². The molecule has 0 aliphatic heterocycles. The monoisotopic (exact) mass is 251 g/mol. The second-order valence-electron chi connectivity index (χ2n) is 3.65. The molecule has 0 aliphatic carbocycles. The van der Waals surface area contributed by atoms with Crippen molar-refractivity contribution in [2.75, 3.05) is 13.7 Å². The maximum atomic E-state index is 11.1. The van der Waals surface area contributed by atoms with Crippen LogP contribution in [0.4, 0.5) is 0 Å². The van der Waals surface area contributed by atoms with Gasteiger partial charge >= 0.3 is 5.97 Å². The van der Waals surface area contributed by atoms with E-state index in [1.165, 1.54) is 13.4 Å². The number of ether oxygens (including phenoxy) is 2. The number of hydrogen-bond acceptors (Lipinski definition) is 7. The van der Waals surface area contributed by atoms with Crippen LogP contribution in [0.2, 0.25) is 0 Å². The van der Waals surface area contributed by atoms with Gasteiger partial charge in [-0.3, -0.25) is 4.79 Å². The van der Waals surface area contributed by atoms with E-state index in [9.17, 15) is 4.79 Å². The van der Waals surface area contributed by atoms with Gasteiger partial charge in [0.15, 0.2) is 11.2 Å². The van der Waals surface area contributed by atoms with Crippen molar-refractivity contribution in [1.29, 1.82) is 0 Å². The molecule has 2 heterocycles. The van der Waals surface area contributed by atoms with Crippen LogP contribution in [0.15, 0.2) is 12.7 Å². The van der Waals surface area contributed by atoms with Crippen LogP contribution in [-0.4, -0.2) is 45.2 Å². The normalized spacial score (nSPS) is 12.4. The summed E-state index contributed by atoms with van der Waals surface area (Å²) in [6.45, 7) is -0.0324. The largest absolute Gasteiger partial charge is 0.474 e. The molecule has 8 heteroatoms. The first-order valence-corrected chi connectivity index (χ1v) is 5.21. The van der Waals surface area contributed by atoms with E-state index < -0.39 is 12.0 Å². The van der Waals surface area contributed by atoms with Crippen LogP contribution in [0.25, 0.3) is 11.2 Å². The molecule has 2 aromatic heterocycles. The van der Waals surface area contributed by atoms with Gasteiger partial charge in [-0.15, -0.1) is 0 Å². The molecule has 18 heavy (non-hydrogen) atoms. The summed E-state index contributed by atoms with van der Waals surface area (Å²) in [6, 6.07) is -0.858. The van der Waals surface area contributed by atoms with Gasteiger partial charge in [-0.2, -0.15) is 4.98 Å².